The Hall–Kier alpha value is -0.396. The van der Waals surface area contributed by atoms with Crippen molar-refractivity contribution in [1.29, 1.82) is 0 Å². The normalized spacial score (nSPS) is 15.3. The lowest BCUT2D eigenvalue weighted by Crippen LogP contribution is -2.34. The van der Waals surface area contributed by atoms with Crippen molar-refractivity contribution in [2.75, 3.05) is 6.61 Å². The smallest absolute Gasteiger partial charge is 0.330 e. The summed E-state index contributed by atoms with van der Waals surface area (Å²) in [6, 6.07) is 1.05. The standard InChI is InChI=1S/C11H24O3Si2/c1-7-11(12)13-8-10(2)9-15(3)14-16(4,5)6/h7,10,15H,1,8-9H2,2-6H3. The number of hydrogen-bond acceptors (Lipinski definition) is 3. The number of carbonyl (C=O) groups is 1. The van der Waals surface area contributed by atoms with Gasteiger partial charge in [-0.1, -0.05) is 13.5 Å². The molecule has 2 unspecified atom stereocenters. The second-order valence-corrected chi connectivity index (χ2v) is 12.5. The minimum Gasteiger partial charge on any atom is -0.462 e. The highest BCUT2D eigenvalue weighted by atomic mass is 28.4. The van der Waals surface area contributed by atoms with Crippen molar-refractivity contribution in [2.24, 2.45) is 5.92 Å². The van der Waals surface area contributed by atoms with Gasteiger partial charge in [0.1, 0.15) is 0 Å². The van der Waals surface area contributed by atoms with Crippen molar-refractivity contribution in [1.82, 2.24) is 0 Å². The predicted molar refractivity (Wildman–Crippen MR) is 72.6 cm³/mol. The number of ether oxygens (including phenoxy) is 1. The van der Waals surface area contributed by atoms with Gasteiger partial charge in [0.25, 0.3) is 0 Å². The van der Waals surface area contributed by atoms with Crippen LogP contribution in [0.3, 0.4) is 0 Å². The molecule has 0 aromatic rings. The average molecular weight is 260 g/mol. The second-order valence-electron chi connectivity index (χ2n) is 5.22. The molecule has 0 aromatic heterocycles. The van der Waals surface area contributed by atoms with Crippen LogP contribution in [-0.4, -0.2) is 29.9 Å². The van der Waals surface area contributed by atoms with Gasteiger partial charge in [-0.25, -0.2) is 4.79 Å². The maximum Gasteiger partial charge on any atom is 0.330 e. The summed E-state index contributed by atoms with van der Waals surface area (Å²) in [6.45, 7) is 14.8. The van der Waals surface area contributed by atoms with Crippen molar-refractivity contribution in [3.8, 4) is 0 Å². The molecule has 0 saturated heterocycles. The molecular weight excluding hydrogens is 236 g/mol. The Morgan fingerprint density at radius 3 is 2.50 bits per heavy atom. The summed E-state index contributed by atoms with van der Waals surface area (Å²) < 4.78 is 11.1. The highest BCUT2D eigenvalue weighted by Gasteiger charge is 2.20. The van der Waals surface area contributed by atoms with Crippen LogP contribution in [0.1, 0.15) is 6.92 Å². The van der Waals surface area contributed by atoms with Gasteiger partial charge in [0.2, 0.25) is 0 Å². The Bertz CT molecular complexity index is 236. The van der Waals surface area contributed by atoms with E-state index in [1.807, 2.05) is 0 Å². The summed E-state index contributed by atoms with van der Waals surface area (Å²) in [4.78, 5) is 10.9. The Morgan fingerprint density at radius 2 is 2.06 bits per heavy atom. The van der Waals surface area contributed by atoms with E-state index < -0.39 is 17.4 Å². The SMILES string of the molecule is C=CC(=O)OCC(C)C[SiH](C)O[Si](C)(C)C. The molecule has 0 aliphatic carbocycles. The van der Waals surface area contributed by atoms with Crippen molar-refractivity contribution in [3.63, 3.8) is 0 Å². The first-order valence-corrected chi connectivity index (χ1v) is 11.6. The summed E-state index contributed by atoms with van der Waals surface area (Å²) in [5, 5.41) is 0. The third kappa shape index (κ3) is 8.88. The maximum atomic E-state index is 10.9. The Balaban J connectivity index is 3.82. The summed E-state index contributed by atoms with van der Waals surface area (Å²) in [6.07, 6.45) is 1.20. The van der Waals surface area contributed by atoms with E-state index in [0.717, 1.165) is 6.04 Å². The van der Waals surface area contributed by atoms with Gasteiger partial charge < -0.3 is 8.85 Å². The zero-order chi connectivity index (χ0) is 12.8. The van der Waals surface area contributed by atoms with Gasteiger partial charge in [0, 0.05) is 6.08 Å². The number of carbonyl (C=O) groups excluding carboxylic acids is 1. The zero-order valence-corrected chi connectivity index (χ0v) is 13.2. The molecule has 0 heterocycles. The van der Waals surface area contributed by atoms with Crippen LogP contribution < -0.4 is 0 Å². The minimum absolute atomic E-state index is 0.340. The van der Waals surface area contributed by atoms with Gasteiger partial charge >= 0.3 is 5.97 Å². The Labute approximate surface area is 102 Å². The molecule has 0 N–H and O–H groups in total. The fourth-order valence-electron chi connectivity index (χ4n) is 1.57. The lowest BCUT2D eigenvalue weighted by molar-refractivity contribution is -0.138. The summed E-state index contributed by atoms with van der Waals surface area (Å²) in [7, 11) is -2.51. The van der Waals surface area contributed by atoms with Crippen LogP contribution in [0.2, 0.25) is 32.2 Å². The first-order chi connectivity index (χ1) is 7.24. The van der Waals surface area contributed by atoms with E-state index in [-0.39, 0.29) is 5.97 Å². The van der Waals surface area contributed by atoms with Gasteiger partial charge in [-0.3, -0.25) is 0 Å². The first-order valence-electron chi connectivity index (χ1n) is 5.71. The molecule has 0 amide bonds. The third-order valence-electron chi connectivity index (χ3n) is 1.97. The van der Waals surface area contributed by atoms with Crippen LogP contribution in [0, 0.1) is 5.92 Å². The second kappa shape index (κ2) is 7.03. The molecule has 0 radical (unpaired) electrons. The van der Waals surface area contributed by atoms with E-state index in [9.17, 15) is 4.79 Å². The Morgan fingerprint density at radius 1 is 1.50 bits per heavy atom. The molecule has 0 rings (SSSR count). The minimum atomic E-state index is -1.40. The summed E-state index contributed by atoms with van der Waals surface area (Å²) in [5.41, 5.74) is 0. The van der Waals surface area contributed by atoms with Crippen LogP contribution in [-0.2, 0) is 13.6 Å². The van der Waals surface area contributed by atoms with Crippen molar-refractivity contribution in [2.45, 2.75) is 39.2 Å². The fourth-order valence-corrected chi connectivity index (χ4v) is 8.05. The van der Waals surface area contributed by atoms with E-state index in [4.69, 9.17) is 8.85 Å². The van der Waals surface area contributed by atoms with E-state index in [1.54, 1.807) is 0 Å². The van der Waals surface area contributed by atoms with Gasteiger partial charge in [0.15, 0.2) is 17.4 Å². The predicted octanol–water partition coefficient (Wildman–Crippen LogP) is 2.56. The van der Waals surface area contributed by atoms with E-state index in [0.29, 0.717) is 12.5 Å². The first kappa shape index (κ1) is 15.6. The van der Waals surface area contributed by atoms with Crippen LogP contribution >= 0.6 is 0 Å². The summed E-state index contributed by atoms with van der Waals surface area (Å²) >= 11 is 0. The molecule has 0 fully saturated rings. The molecule has 0 bridgehead atoms. The fraction of sp³-hybridized carbons (Fsp3) is 0.727. The lowest BCUT2D eigenvalue weighted by Gasteiger charge is -2.24. The van der Waals surface area contributed by atoms with Crippen LogP contribution in [0.4, 0.5) is 0 Å². The summed E-state index contributed by atoms with van der Waals surface area (Å²) in [5.74, 6) is 0.0363. The highest BCUT2D eigenvalue weighted by molar-refractivity contribution is 6.77. The molecule has 5 heteroatoms. The number of esters is 1. The Kier molecular flexibility index (Phi) is 6.86. The maximum absolute atomic E-state index is 10.9. The molecule has 0 aliphatic heterocycles. The molecule has 0 aliphatic rings. The average Bonchev–Trinajstić information content (AvgIpc) is 2.10. The van der Waals surface area contributed by atoms with E-state index >= 15 is 0 Å². The highest BCUT2D eigenvalue weighted by Crippen LogP contribution is 2.13. The van der Waals surface area contributed by atoms with Crippen LogP contribution in [0.5, 0.6) is 0 Å². The molecule has 16 heavy (non-hydrogen) atoms. The van der Waals surface area contributed by atoms with Gasteiger partial charge in [0.05, 0.1) is 6.61 Å². The van der Waals surface area contributed by atoms with Crippen molar-refractivity contribution >= 4 is 23.3 Å². The molecule has 94 valence electrons. The van der Waals surface area contributed by atoms with Gasteiger partial charge in [-0.2, -0.15) is 0 Å². The van der Waals surface area contributed by atoms with Crippen molar-refractivity contribution in [3.05, 3.63) is 12.7 Å². The lowest BCUT2D eigenvalue weighted by atomic mass is 10.2. The van der Waals surface area contributed by atoms with Crippen LogP contribution in [0.15, 0.2) is 12.7 Å². The monoisotopic (exact) mass is 260 g/mol. The number of rotatable bonds is 7. The van der Waals surface area contributed by atoms with E-state index in [1.165, 1.54) is 6.08 Å². The zero-order valence-electron chi connectivity index (χ0n) is 11.1. The quantitative estimate of drug-likeness (QED) is 0.401. The van der Waals surface area contributed by atoms with Gasteiger partial charge in [-0.05, 0) is 38.2 Å². The topological polar surface area (TPSA) is 35.5 Å². The van der Waals surface area contributed by atoms with E-state index in [2.05, 4.69) is 39.7 Å². The molecule has 2 atom stereocenters. The van der Waals surface area contributed by atoms with Crippen molar-refractivity contribution < 1.29 is 13.6 Å². The molecule has 0 aromatic carbocycles. The molecule has 0 spiro atoms. The largest absolute Gasteiger partial charge is 0.462 e. The number of hydrogen-bond donors (Lipinski definition) is 0. The molecule has 3 nitrogen and oxygen atoms in total. The molecular formula is C11H24O3Si2. The van der Waals surface area contributed by atoms with Gasteiger partial charge in [-0.15, -0.1) is 0 Å². The molecule has 0 saturated carbocycles. The third-order valence-corrected chi connectivity index (χ3v) is 7.87. The van der Waals surface area contributed by atoms with Crippen LogP contribution in [0.25, 0.3) is 0 Å².